The van der Waals surface area contributed by atoms with Crippen LogP contribution in [-0.4, -0.2) is 52.5 Å². The van der Waals surface area contributed by atoms with Gasteiger partial charge in [-0.05, 0) is 24.3 Å². The van der Waals surface area contributed by atoms with Gasteiger partial charge in [0, 0.05) is 30.1 Å². The van der Waals surface area contributed by atoms with E-state index in [-0.39, 0.29) is 31.4 Å². The van der Waals surface area contributed by atoms with E-state index in [0.717, 1.165) is 5.69 Å². The van der Waals surface area contributed by atoms with Crippen LogP contribution >= 0.6 is 0 Å². The summed E-state index contributed by atoms with van der Waals surface area (Å²) in [6.07, 6.45) is 0.798. The molecule has 0 atom stereocenters. The maximum atomic E-state index is 13.1. The summed E-state index contributed by atoms with van der Waals surface area (Å²) in [5, 5.41) is 5.95. The van der Waals surface area contributed by atoms with Gasteiger partial charge < -0.3 is 20.4 Å². The summed E-state index contributed by atoms with van der Waals surface area (Å²) in [5.41, 5.74) is 3.56. The van der Waals surface area contributed by atoms with E-state index in [1.807, 2.05) is 30.3 Å². The number of nitrogens with zero attached hydrogens (tertiary/aromatic N) is 2. The second-order valence-electron chi connectivity index (χ2n) is 7.41. The lowest BCUT2D eigenvalue weighted by Gasteiger charge is -2.25. The molecule has 0 aliphatic carbocycles. The Morgan fingerprint density at radius 3 is 2.73 bits per heavy atom. The molecule has 10 heteroatoms. The highest BCUT2D eigenvalue weighted by Gasteiger charge is 2.33. The number of ether oxygens (including phenoxy) is 1. The molecule has 3 heterocycles. The van der Waals surface area contributed by atoms with Crippen LogP contribution < -0.4 is 10.6 Å². The van der Waals surface area contributed by atoms with Crippen LogP contribution in [0.15, 0.2) is 48.7 Å². The largest absolute Gasteiger partial charge is 0.447 e. The lowest BCUT2D eigenvalue weighted by atomic mass is 10.0. The number of para-hydroxylation sites is 1. The number of benzene rings is 1. The molecule has 1 aliphatic rings. The van der Waals surface area contributed by atoms with E-state index >= 15 is 0 Å². The molecule has 0 saturated carbocycles. The van der Waals surface area contributed by atoms with Gasteiger partial charge in [-0.2, -0.15) is 0 Å². The predicted octanol–water partition coefficient (Wildman–Crippen LogP) is 3.88. The number of hydrogen-bond donors (Lipinski definition) is 3. The third-order valence-corrected chi connectivity index (χ3v) is 5.00. The Morgan fingerprint density at radius 1 is 1.21 bits per heavy atom. The standard InChI is InChI=1S/C23H22FN5O4/c1-14(30)26-19-11-15(7-9-25-19)21-22(27-16-5-3-2-4-6-16)20-17(28-21)12-29(13-18(20)31)23(32)33-10-8-24/h2-7,9,11,27-28H,8,10,12-13H2,1H3,(H,25,26,30). The number of Topliss-reactive ketones (excluding diaryl/α,β-unsaturated/α-hetero) is 1. The van der Waals surface area contributed by atoms with E-state index in [4.69, 9.17) is 4.74 Å². The first kappa shape index (κ1) is 22.0. The zero-order valence-corrected chi connectivity index (χ0v) is 17.9. The monoisotopic (exact) mass is 451 g/mol. The Bertz CT molecular complexity index is 1190. The van der Waals surface area contributed by atoms with Gasteiger partial charge in [0.15, 0.2) is 5.78 Å². The van der Waals surface area contributed by atoms with Crippen LogP contribution in [0.3, 0.4) is 0 Å². The number of aromatic amines is 1. The van der Waals surface area contributed by atoms with Crippen molar-refractivity contribution in [2.45, 2.75) is 13.5 Å². The average molecular weight is 451 g/mol. The number of halogens is 1. The van der Waals surface area contributed by atoms with Crippen LogP contribution in [0.4, 0.5) is 26.4 Å². The van der Waals surface area contributed by atoms with Crippen molar-refractivity contribution >= 4 is 35.0 Å². The lowest BCUT2D eigenvalue weighted by Crippen LogP contribution is -2.40. The summed E-state index contributed by atoms with van der Waals surface area (Å²) in [6.45, 7) is 0.135. The van der Waals surface area contributed by atoms with Crippen LogP contribution in [0.5, 0.6) is 0 Å². The fourth-order valence-electron chi connectivity index (χ4n) is 3.67. The van der Waals surface area contributed by atoms with Crippen molar-refractivity contribution in [3.8, 4) is 11.3 Å². The molecule has 1 aromatic carbocycles. The van der Waals surface area contributed by atoms with Gasteiger partial charge in [-0.3, -0.25) is 14.5 Å². The maximum Gasteiger partial charge on any atom is 0.410 e. The highest BCUT2D eigenvalue weighted by molar-refractivity contribution is 6.09. The number of amides is 2. The zero-order valence-electron chi connectivity index (χ0n) is 17.9. The summed E-state index contributed by atoms with van der Waals surface area (Å²) in [4.78, 5) is 45.4. The molecule has 2 amide bonds. The van der Waals surface area contributed by atoms with Gasteiger partial charge in [-0.15, -0.1) is 0 Å². The topological polar surface area (TPSA) is 116 Å². The number of ketones is 1. The summed E-state index contributed by atoms with van der Waals surface area (Å²) in [7, 11) is 0. The predicted molar refractivity (Wildman–Crippen MR) is 120 cm³/mol. The van der Waals surface area contributed by atoms with Gasteiger partial charge >= 0.3 is 6.09 Å². The van der Waals surface area contributed by atoms with Crippen LogP contribution in [0, 0.1) is 0 Å². The van der Waals surface area contributed by atoms with Crippen molar-refractivity contribution < 1.29 is 23.5 Å². The summed E-state index contributed by atoms with van der Waals surface area (Å²) in [6, 6.07) is 12.8. The number of carbonyl (C=O) groups excluding carboxylic acids is 3. The first-order valence-corrected chi connectivity index (χ1v) is 10.3. The maximum absolute atomic E-state index is 13.1. The van der Waals surface area contributed by atoms with Gasteiger partial charge in [-0.1, -0.05) is 18.2 Å². The first-order chi connectivity index (χ1) is 16.0. The number of fused-ring (bicyclic) bond motifs is 1. The molecular formula is C23H22FN5O4. The van der Waals surface area contributed by atoms with Crippen molar-refractivity contribution in [3.05, 3.63) is 59.9 Å². The lowest BCUT2D eigenvalue weighted by molar-refractivity contribution is -0.114. The van der Waals surface area contributed by atoms with Gasteiger partial charge in [0.05, 0.1) is 30.0 Å². The van der Waals surface area contributed by atoms with Crippen molar-refractivity contribution in [1.29, 1.82) is 0 Å². The van der Waals surface area contributed by atoms with Crippen LogP contribution in [0.1, 0.15) is 23.0 Å². The molecule has 170 valence electrons. The molecule has 33 heavy (non-hydrogen) atoms. The van der Waals surface area contributed by atoms with Crippen molar-refractivity contribution in [2.75, 3.05) is 30.5 Å². The van der Waals surface area contributed by atoms with Crippen molar-refractivity contribution in [3.63, 3.8) is 0 Å². The van der Waals surface area contributed by atoms with Crippen LogP contribution in [-0.2, 0) is 16.1 Å². The number of alkyl halides is 1. The molecule has 3 N–H and O–H groups in total. The van der Waals surface area contributed by atoms with Gasteiger partial charge in [0.25, 0.3) is 0 Å². The third-order valence-electron chi connectivity index (χ3n) is 5.00. The molecule has 0 spiro atoms. The second-order valence-corrected chi connectivity index (χ2v) is 7.41. The average Bonchev–Trinajstić information content (AvgIpc) is 3.16. The Morgan fingerprint density at radius 2 is 2.00 bits per heavy atom. The molecule has 3 aromatic rings. The highest BCUT2D eigenvalue weighted by atomic mass is 19.1. The number of hydrogen-bond acceptors (Lipinski definition) is 6. The summed E-state index contributed by atoms with van der Waals surface area (Å²) in [5.74, 6) is -0.183. The van der Waals surface area contributed by atoms with Crippen LogP contribution in [0.25, 0.3) is 11.3 Å². The number of nitrogens with one attached hydrogen (secondary N) is 3. The number of anilines is 3. The fourth-order valence-corrected chi connectivity index (χ4v) is 3.67. The fraction of sp³-hybridized carbons (Fsp3) is 0.217. The van der Waals surface area contributed by atoms with Gasteiger partial charge in [0.1, 0.15) is 19.1 Å². The van der Waals surface area contributed by atoms with Crippen molar-refractivity contribution in [1.82, 2.24) is 14.9 Å². The van der Waals surface area contributed by atoms with E-state index in [1.54, 1.807) is 18.3 Å². The molecular weight excluding hydrogens is 429 g/mol. The Kier molecular flexibility index (Phi) is 6.34. The molecule has 0 fully saturated rings. The van der Waals surface area contributed by atoms with E-state index in [9.17, 15) is 18.8 Å². The minimum Gasteiger partial charge on any atom is -0.447 e. The molecule has 0 saturated heterocycles. The Balaban J connectivity index is 1.76. The van der Waals surface area contributed by atoms with Crippen molar-refractivity contribution in [2.24, 2.45) is 0 Å². The van der Waals surface area contributed by atoms with Crippen LogP contribution in [0.2, 0.25) is 0 Å². The quantitative estimate of drug-likeness (QED) is 0.524. The smallest absolute Gasteiger partial charge is 0.410 e. The van der Waals surface area contributed by atoms with E-state index in [1.165, 1.54) is 11.8 Å². The molecule has 0 bridgehead atoms. The normalized spacial score (nSPS) is 12.8. The van der Waals surface area contributed by atoms with E-state index < -0.39 is 12.8 Å². The first-order valence-electron chi connectivity index (χ1n) is 10.3. The second kappa shape index (κ2) is 9.51. The van der Waals surface area contributed by atoms with Gasteiger partial charge in [0.2, 0.25) is 5.91 Å². The molecule has 1 aliphatic heterocycles. The molecule has 0 unspecified atom stereocenters. The third kappa shape index (κ3) is 4.84. The summed E-state index contributed by atoms with van der Waals surface area (Å²) >= 11 is 0. The number of carbonyl (C=O) groups is 3. The number of H-pyrrole nitrogens is 1. The molecule has 4 rings (SSSR count). The summed E-state index contributed by atoms with van der Waals surface area (Å²) < 4.78 is 17.2. The molecule has 2 aromatic heterocycles. The van der Waals surface area contributed by atoms with E-state index in [2.05, 4.69) is 20.6 Å². The SMILES string of the molecule is CC(=O)Nc1cc(-c2[nH]c3c(c2Nc2ccccc2)C(=O)CN(C(=O)OCCF)C3)ccn1. The minimum absolute atomic E-state index is 0.0965. The number of rotatable bonds is 6. The molecule has 9 nitrogen and oxygen atoms in total. The number of pyridine rings is 1. The number of aromatic nitrogens is 2. The molecule has 0 radical (unpaired) electrons. The highest BCUT2D eigenvalue weighted by Crippen LogP contribution is 2.38. The Labute approximate surface area is 189 Å². The zero-order chi connectivity index (χ0) is 23.4. The van der Waals surface area contributed by atoms with E-state index in [0.29, 0.717) is 34.0 Å². The minimum atomic E-state index is -0.796. The van der Waals surface area contributed by atoms with Gasteiger partial charge in [-0.25, -0.2) is 14.2 Å². The Hall–Kier alpha value is -4.21.